The molecule has 0 unspecified atom stereocenters. The van der Waals surface area contributed by atoms with Crippen LogP contribution in [-0.4, -0.2) is 29.9 Å². The summed E-state index contributed by atoms with van der Waals surface area (Å²) in [6.45, 7) is 2.42. The average molecular weight is 528 g/mol. The van der Waals surface area contributed by atoms with E-state index in [0.717, 1.165) is 23.3 Å². The molecule has 1 heterocycles. The molecule has 2 atom stereocenters. The van der Waals surface area contributed by atoms with Crippen LogP contribution < -0.4 is 10.6 Å². The molecule has 3 amide bonds. The van der Waals surface area contributed by atoms with Gasteiger partial charge >= 0.3 is 12.2 Å². The molecule has 0 spiro atoms. The Morgan fingerprint density at radius 3 is 2.32 bits per heavy atom. The fourth-order valence-electron chi connectivity index (χ4n) is 4.69. The number of benzene rings is 3. The highest BCUT2D eigenvalue weighted by Gasteiger charge is 2.35. The molecule has 1 aliphatic rings. The number of carbonyl (C=O) groups excluding carboxylic acids is 2. The van der Waals surface area contributed by atoms with Gasteiger partial charge < -0.3 is 15.5 Å². The van der Waals surface area contributed by atoms with Gasteiger partial charge in [-0.15, -0.1) is 0 Å². The van der Waals surface area contributed by atoms with Crippen LogP contribution in [0.5, 0.6) is 0 Å². The Hall–Kier alpha value is -3.88. The normalized spacial score (nSPS) is 17.7. The lowest BCUT2D eigenvalue weighted by Crippen LogP contribution is -2.50. The van der Waals surface area contributed by atoms with Gasteiger partial charge in [0.25, 0.3) is 0 Å². The Morgan fingerprint density at radius 2 is 1.61 bits per heavy atom. The summed E-state index contributed by atoms with van der Waals surface area (Å²) in [4.78, 5) is 27.8. The van der Waals surface area contributed by atoms with E-state index in [0.29, 0.717) is 30.6 Å². The van der Waals surface area contributed by atoms with Gasteiger partial charge in [-0.2, -0.15) is 13.2 Å². The van der Waals surface area contributed by atoms with Gasteiger partial charge in [-0.3, -0.25) is 4.79 Å². The van der Waals surface area contributed by atoms with Crippen LogP contribution in [0.4, 0.5) is 22.4 Å². The summed E-state index contributed by atoms with van der Waals surface area (Å²) in [6, 6.07) is 18.7. The number of nitrogens with one attached hydrogen (secondary N) is 2. The van der Waals surface area contributed by atoms with Crippen molar-refractivity contribution in [1.29, 1.82) is 0 Å². The maximum absolute atomic E-state index is 13.9. The molecule has 9 heteroatoms. The number of amides is 3. The molecule has 200 valence electrons. The lowest BCUT2D eigenvalue weighted by Gasteiger charge is -2.37. The van der Waals surface area contributed by atoms with Gasteiger partial charge in [0.2, 0.25) is 5.91 Å². The first-order chi connectivity index (χ1) is 18.1. The van der Waals surface area contributed by atoms with E-state index in [-0.39, 0.29) is 36.8 Å². The predicted molar refractivity (Wildman–Crippen MR) is 136 cm³/mol. The van der Waals surface area contributed by atoms with E-state index in [1.807, 2.05) is 30.3 Å². The second-order valence-electron chi connectivity index (χ2n) is 9.60. The maximum Gasteiger partial charge on any atom is 0.416 e. The van der Waals surface area contributed by atoms with Crippen molar-refractivity contribution in [3.63, 3.8) is 0 Å². The zero-order valence-corrected chi connectivity index (χ0v) is 20.9. The number of likely N-dealkylation sites (tertiary alicyclic amines) is 1. The first kappa shape index (κ1) is 27.2. The lowest BCUT2D eigenvalue weighted by molar-refractivity contribution is -0.137. The third kappa shape index (κ3) is 6.90. The molecule has 38 heavy (non-hydrogen) atoms. The molecular weight excluding hydrogens is 498 g/mol. The number of carbonyl (C=O) groups is 2. The third-order valence-electron chi connectivity index (χ3n) is 6.77. The summed E-state index contributed by atoms with van der Waals surface area (Å²) < 4.78 is 53.0. The summed E-state index contributed by atoms with van der Waals surface area (Å²) in [6.07, 6.45) is -4.06. The number of hydrogen-bond acceptors (Lipinski definition) is 2. The predicted octanol–water partition coefficient (Wildman–Crippen LogP) is 5.78. The van der Waals surface area contributed by atoms with E-state index in [1.165, 1.54) is 18.2 Å². The molecule has 0 aliphatic carbocycles. The Kier molecular flexibility index (Phi) is 8.34. The lowest BCUT2D eigenvalue weighted by atomic mass is 9.83. The van der Waals surface area contributed by atoms with Crippen LogP contribution in [0.15, 0.2) is 72.8 Å². The molecule has 0 radical (unpaired) electrons. The molecular formula is C29H29F4N3O2. The number of urea groups is 1. The largest absolute Gasteiger partial charge is 0.416 e. The van der Waals surface area contributed by atoms with E-state index in [9.17, 15) is 27.2 Å². The Morgan fingerprint density at radius 1 is 0.895 bits per heavy atom. The Bertz CT molecular complexity index is 1280. The van der Waals surface area contributed by atoms with Gasteiger partial charge in [-0.25, -0.2) is 9.18 Å². The van der Waals surface area contributed by atoms with Gasteiger partial charge in [-0.1, -0.05) is 54.6 Å². The zero-order chi connectivity index (χ0) is 27.3. The van der Waals surface area contributed by atoms with Gasteiger partial charge in [0.1, 0.15) is 5.82 Å². The molecule has 2 N–H and O–H groups in total. The zero-order valence-electron chi connectivity index (χ0n) is 20.9. The van der Waals surface area contributed by atoms with Gasteiger partial charge in [0.05, 0.1) is 11.5 Å². The van der Waals surface area contributed by atoms with Crippen molar-refractivity contribution in [2.45, 2.75) is 38.5 Å². The van der Waals surface area contributed by atoms with Crippen molar-refractivity contribution in [3.05, 3.63) is 106 Å². The van der Waals surface area contributed by atoms with Crippen LogP contribution in [0.2, 0.25) is 0 Å². The van der Waals surface area contributed by atoms with Crippen molar-refractivity contribution in [3.8, 4) is 0 Å². The number of piperidine rings is 1. The highest BCUT2D eigenvalue weighted by molar-refractivity contribution is 5.81. The van der Waals surface area contributed by atoms with Crippen molar-refractivity contribution in [1.82, 2.24) is 15.5 Å². The van der Waals surface area contributed by atoms with Crippen molar-refractivity contribution in [2.75, 3.05) is 13.1 Å². The number of halogens is 4. The van der Waals surface area contributed by atoms with E-state index in [2.05, 4.69) is 10.6 Å². The molecule has 1 aliphatic heterocycles. The molecule has 1 fully saturated rings. The summed E-state index contributed by atoms with van der Waals surface area (Å²) in [7, 11) is 0. The number of aryl methyl sites for hydroxylation is 1. The monoisotopic (exact) mass is 527 g/mol. The van der Waals surface area contributed by atoms with Crippen LogP contribution in [0.3, 0.4) is 0 Å². The molecule has 0 bridgehead atoms. The van der Waals surface area contributed by atoms with E-state index < -0.39 is 17.7 Å². The van der Waals surface area contributed by atoms with Crippen LogP contribution >= 0.6 is 0 Å². The summed E-state index contributed by atoms with van der Waals surface area (Å²) in [5.41, 5.74) is 1.76. The average Bonchev–Trinajstić information content (AvgIpc) is 2.92. The number of alkyl halides is 3. The minimum atomic E-state index is -4.47. The molecule has 0 aromatic heterocycles. The number of hydrogen-bond donors (Lipinski definition) is 2. The second kappa shape index (κ2) is 11.7. The molecule has 3 aromatic carbocycles. The molecule has 0 saturated carbocycles. The number of nitrogens with zero attached hydrogens (tertiary/aromatic N) is 1. The van der Waals surface area contributed by atoms with E-state index in [4.69, 9.17) is 0 Å². The van der Waals surface area contributed by atoms with Crippen LogP contribution in [-0.2, 0) is 24.1 Å². The van der Waals surface area contributed by atoms with Crippen molar-refractivity contribution < 1.29 is 27.2 Å². The molecule has 1 saturated heterocycles. The molecule has 3 aromatic rings. The topological polar surface area (TPSA) is 61.4 Å². The first-order valence-electron chi connectivity index (χ1n) is 12.4. The van der Waals surface area contributed by atoms with Crippen LogP contribution in [0.1, 0.15) is 40.2 Å². The van der Waals surface area contributed by atoms with Crippen molar-refractivity contribution >= 4 is 11.9 Å². The highest BCUT2D eigenvalue weighted by Crippen LogP contribution is 2.32. The SMILES string of the molecule is Cc1cc([C@@H]2C[C@H](C(=O)NCc3cccc(C(F)(F)F)c3)CN(C(=O)NCc3ccccc3)C2)ccc1F. The van der Waals surface area contributed by atoms with Gasteiger partial charge in [0, 0.05) is 32.1 Å². The first-order valence-corrected chi connectivity index (χ1v) is 12.4. The minimum Gasteiger partial charge on any atom is -0.352 e. The third-order valence-corrected chi connectivity index (χ3v) is 6.77. The standard InChI is InChI=1S/C29H29F4N3O2/c1-19-12-22(10-11-26(19)30)23-14-24(18-36(17-23)28(38)35-15-20-6-3-2-4-7-20)27(37)34-16-21-8-5-9-25(13-21)29(31,32)33/h2-13,23-24H,14-18H2,1H3,(H,34,37)(H,35,38)/t23-,24+/m1/s1. The summed E-state index contributed by atoms with van der Waals surface area (Å²) >= 11 is 0. The van der Waals surface area contributed by atoms with Crippen LogP contribution in [0.25, 0.3) is 0 Å². The highest BCUT2D eigenvalue weighted by atomic mass is 19.4. The smallest absolute Gasteiger partial charge is 0.352 e. The van der Waals surface area contributed by atoms with E-state index in [1.54, 1.807) is 24.0 Å². The Labute approximate surface area is 218 Å². The molecule has 5 nitrogen and oxygen atoms in total. The second-order valence-corrected chi connectivity index (χ2v) is 9.60. The Balaban J connectivity index is 1.47. The summed E-state index contributed by atoms with van der Waals surface area (Å²) in [5.74, 6) is -1.49. The van der Waals surface area contributed by atoms with Crippen molar-refractivity contribution in [2.24, 2.45) is 5.92 Å². The summed E-state index contributed by atoms with van der Waals surface area (Å²) in [5, 5.41) is 5.62. The fourth-order valence-corrected chi connectivity index (χ4v) is 4.69. The van der Waals surface area contributed by atoms with E-state index >= 15 is 0 Å². The maximum atomic E-state index is 13.9. The van der Waals surface area contributed by atoms with Gasteiger partial charge in [0.15, 0.2) is 0 Å². The molecule has 4 rings (SSSR count). The minimum absolute atomic E-state index is 0.0697. The fraction of sp³-hybridized carbons (Fsp3) is 0.310. The quantitative estimate of drug-likeness (QED) is 0.399. The van der Waals surface area contributed by atoms with Crippen LogP contribution in [0, 0.1) is 18.7 Å². The number of rotatable bonds is 6. The van der Waals surface area contributed by atoms with Gasteiger partial charge in [-0.05, 0) is 53.8 Å².